The third-order valence-corrected chi connectivity index (χ3v) is 4.81. The number of ether oxygens (including phenoxy) is 2. The van der Waals surface area contributed by atoms with Gasteiger partial charge in [-0.3, -0.25) is 19.7 Å². The third-order valence-electron chi connectivity index (χ3n) is 4.08. The van der Waals surface area contributed by atoms with Gasteiger partial charge in [0.2, 0.25) is 5.91 Å². The second-order valence-electron chi connectivity index (χ2n) is 6.70. The number of carboxylic acids is 1. The maximum atomic E-state index is 11.9. The number of carbonyl (C=O) groups excluding carboxylic acids is 1. The monoisotopic (exact) mass is 468 g/mol. The number of hydrogen-bond acceptors (Lipinski definition) is 8. The van der Waals surface area contributed by atoms with Crippen LogP contribution in [-0.4, -0.2) is 47.3 Å². The van der Waals surface area contributed by atoms with E-state index in [1.165, 1.54) is 31.7 Å². The zero-order chi connectivity index (χ0) is 24.1. The molecule has 0 saturated heterocycles. The normalized spacial score (nSPS) is 11.0. The fraction of sp³-hybridized carbons (Fsp3) is 0.429. The minimum Gasteiger partial charge on any atom is -0.493 e. The Morgan fingerprint density at radius 3 is 2.53 bits per heavy atom. The number of benzene rings is 1. The van der Waals surface area contributed by atoms with Crippen molar-refractivity contribution in [2.45, 2.75) is 39.2 Å². The van der Waals surface area contributed by atoms with Crippen molar-refractivity contribution in [2.24, 2.45) is 0 Å². The van der Waals surface area contributed by atoms with Gasteiger partial charge >= 0.3 is 0 Å². The van der Waals surface area contributed by atoms with Gasteiger partial charge in [-0.15, -0.1) is 0 Å². The van der Waals surface area contributed by atoms with E-state index in [2.05, 4.69) is 10.7 Å². The lowest BCUT2D eigenvalue weighted by Crippen LogP contribution is -2.25. The molecule has 0 saturated carbocycles. The van der Waals surface area contributed by atoms with Gasteiger partial charge in [-0.25, -0.2) is 0 Å². The van der Waals surface area contributed by atoms with E-state index in [9.17, 15) is 20.0 Å². The van der Waals surface area contributed by atoms with E-state index in [4.69, 9.17) is 19.4 Å². The summed E-state index contributed by atoms with van der Waals surface area (Å²) in [4.78, 5) is 31.5. The van der Waals surface area contributed by atoms with E-state index in [0.717, 1.165) is 13.3 Å². The highest BCUT2D eigenvalue weighted by Gasteiger charge is 2.22. The topological polar surface area (TPSA) is 148 Å². The highest BCUT2D eigenvalue weighted by molar-refractivity contribution is 7.07. The van der Waals surface area contributed by atoms with Crippen molar-refractivity contribution in [2.75, 3.05) is 20.3 Å². The van der Waals surface area contributed by atoms with Gasteiger partial charge in [0.1, 0.15) is 0 Å². The summed E-state index contributed by atoms with van der Waals surface area (Å²) in [6.07, 6.45) is 0.530. The van der Waals surface area contributed by atoms with Crippen LogP contribution >= 0.6 is 11.3 Å². The van der Waals surface area contributed by atoms with E-state index in [1.54, 1.807) is 11.3 Å². The summed E-state index contributed by atoms with van der Waals surface area (Å²) in [5.74, 6) is -0.403. The molecule has 0 fully saturated rings. The molecule has 1 amide bonds. The van der Waals surface area contributed by atoms with Gasteiger partial charge in [0, 0.05) is 19.9 Å². The predicted octanol–water partition coefficient (Wildman–Crippen LogP) is 3.33. The highest BCUT2D eigenvalue weighted by Crippen LogP contribution is 2.37. The average Bonchev–Trinajstić information content (AvgIpc) is 3.23. The number of aliphatic carboxylic acids is 1. The van der Waals surface area contributed by atoms with Crippen LogP contribution in [0, 0.1) is 10.1 Å². The Labute approximate surface area is 189 Å². The molecule has 10 nitrogen and oxygen atoms in total. The lowest BCUT2D eigenvalue weighted by atomic mass is 10.1. The van der Waals surface area contributed by atoms with E-state index >= 15 is 0 Å². The Bertz CT molecular complexity index is 880. The summed E-state index contributed by atoms with van der Waals surface area (Å²) >= 11 is 1.63. The minimum absolute atomic E-state index is 0.0683. The molecule has 1 atom stereocenters. The number of aliphatic hydroxyl groups is 1. The predicted molar refractivity (Wildman–Crippen MR) is 119 cm³/mol. The molecule has 2 rings (SSSR count). The number of methoxy groups -OCH3 is 1. The quantitative estimate of drug-likeness (QED) is 0.258. The standard InChI is InChI=1S/C19H24N2O6S.C2H4O2/c1-13(22)15-10-17(26-2)18(11-16(15)21(24)25)27-8-3-4-19(23)20-7-5-14-6-9-28-12-14;1-2(3)4/h6,9-13,22H,3-5,7-8H2,1-2H3,(H,20,23);1H3,(H,3,4). The number of nitrogens with one attached hydrogen (secondary N) is 1. The maximum absolute atomic E-state index is 11.9. The Morgan fingerprint density at radius 1 is 1.31 bits per heavy atom. The molecule has 0 radical (unpaired) electrons. The lowest BCUT2D eigenvalue weighted by Gasteiger charge is -2.14. The highest BCUT2D eigenvalue weighted by atomic mass is 32.1. The SMILES string of the molecule is CC(=O)O.COc1cc(C(C)O)c([N+](=O)[O-])cc1OCCCC(=O)NCCc1ccsc1. The van der Waals surface area contributed by atoms with Crippen molar-refractivity contribution < 1.29 is 34.2 Å². The third kappa shape index (κ3) is 9.75. The van der Waals surface area contributed by atoms with Gasteiger partial charge in [0.15, 0.2) is 11.5 Å². The van der Waals surface area contributed by atoms with Crippen LogP contribution in [0.2, 0.25) is 0 Å². The number of hydrogen-bond donors (Lipinski definition) is 3. The molecule has 176 valence electrons. The number of carboxylic acid groups (broad SMARTS) is 1. The largest absolute Gasteiger partial charge is 0.493 e. The van der Waals surface area contributed by atoms with Crippen molar-refractivity contribution in [1.29, 1.82) is 0 Å². The molecule has 0 bridgehead atoms. The van der Waals surface area contributed by atoms with Crippen molar-refractivity contribution in [1.82, 2.24) is 5.32 Å². The van der Waals surface area contributed by atoms with Crippen LogP contribution in [0.5, 0.6) is 11.5 Å². The molecule has 32 heavy (non-hydrogen) atoms. The van der Waals surface area contributed by atoms with Crippen molar-refractivity contribution in [3.63, 3.8) is 0 Å². The number of thiophene rings is 1. The molecule has 3 N–H and O–H groups in total. The van der Waals surface area contributed by atoms with Crippen LogP contribution in [0.3, 0.4) is 0 Å². The van der Waals surface area contributed by atoms with Crippen LogP contribution in [0.4, 0.5) is 5.69 Å². The van der Waals surface area contributed by atoms with Crippen LogP contribution < -0.4 is 14.8 Å². The number of carbonyl (C=O) groups is 2. The molecule has 1 aromatic carbocycles. The van der Waals surface area contributed by atoms with E-state index in [0.29, 0.717) is 25.1 Å². The minimum atomic E-state index is -1.01. The molecule has 1 heterocycles. The first-order chi connectivity index (χ1) is 15.1. The number of nitrogens with zero attached hydrogens (tertiary/aromatic N) is 1. The number of nitro groups is 1. The van der Waals surface area contributed by atoms with Crippen LogP contribution in [0.25, 0.3) is 0 Å². The zero-order valence-electron chi connectivity index (χ0n) is 18.2. The number of amides is 1. The van der Waals surface area contributed by atoms with Crippen molar-refractivity contribution in [3.05, 3.63) is 50.2 Å². The van der Waals surface area contributed by atoms with Gasteiger partial charge in [0.05, 0.1) is 36.4 Å². The Balaban J connectivity index is 0.00000118. The average molecular weight is 469 g/mol. The molecule has 0 spiro atoms. The van der Waals surface area contributed by atoms with Gasteiger partial charge in [-0.1, -0.05) is 0 Å². The fourth-order valence-electron chi connectivity index (χ4n) is 2.61. The van der Waals surface area contributed by atoms with Crippen LogP contribution in [0.15, 0.2) is 29.0 Å². The molecule has 1 aromatic heterocycles. The summed E-state index contributed by atoms with van der Waals surface area (Å²) in [5.41, 5.74) is 1.11. The Kier molecular flexibility index (Phi) is 11.7. The molecule has 2 aromatic rings. The van der Waals surface area contributed by atoms with Gasteiger partial charge < -0.3 is 25.0 Å². The first-order valence-corrected chi connectivity index (χ1v) is 10.7. The van der Waals surface area contributed by atoms with E-state index < -0.39 is 17.0 Å². The molecule has 11 heteroatoms. The summed E-state index contributed by atoms with van der Waals surface area (Å²) in [7, 11) is 1.42. The van der Waals surface area contributed by atoms with Crippen LogP contribution in [0.1, 0.15) is 43.9 Å². The molecular weight excluding hydrogens is 440 g/mol. The molecule has 0 aliphatic rings. The Morgan fingerprint density at radius 2 is 2.00 bits per heavy atom. The van der Waals surface area contributed by atoms with Crippen molar-refractivity contribution >= 4 is 28.9 Å². The van der Waals surface area contributed by atoms with Gasteiger partial charge in [-0.2, -0.15) is 11.3 Å². The van der Waals surface area contributed by atoms with Gasteiger partial charge in [0.25, 0.3) is 11.7 Å². The molecular formula is C21H28N2O8S. The zero-order valence-corrected chi connectivity index (χ0v) is 19.0. The van der Waals surface area contributed by atoms with Crippen molar-refractivity contribution in [3.8, 4) is 11.5 Å². The summed E-state index contributed by atoms with van der Waals surface area (Å²) in [6.45, 7) is 3.32. The Hall–Kier alpha value is -3.18. The first-order valence-electron chi connectivity index (χ1n) is 9.80. The first kappa shape index (κ1) is 26.9. The van der Waals surface area contributed by atoms with E-state index in [-0.39, 0.29) is 29.5 Å². The summed E-state index contributed by atoms with van der Waals surface area (Å²) in [5, 5.41) is 35.3. The summed E-state index contributed by atoms with van der Waals surface area (Å²) in [6, 6.07) is 4.66. The van der Waals surface area contributed by atoms with E-state index in [1.807, 2.05) is 11.4 Å². The van der Waals surface area contributed by atoms with Gasteiger partial charge in [-0.05, 0) is 48.2 Å². The number of nitro benzene ring substituents is 1. The van der Waals surface area contributed by atoms with Crippen LogP contribution in [-0.2, 0) is 16.0 Å². The smallest absolute Gasteiger partial charge is 0.300 e. The summed E-state index contributed by atoms with van der Waals surface area (Å²) < 4.78 is 10.8. The fourth-order valence-corrected chi connectivity index (χ4v) is 3.32. The molecule has 0 aliphatic carbocycles. The second kappa shape index (κ2) is 14.0. The number of rotatable bonds is 11. The lowest BCUT2D eigenvalue weighted by molar-refractivity contribution is -0.386. The number of aliphatic hydroxyl groups excluding tert-OH is 1. The molecule has 0 aliphatic heterocycles. The molecule has 1 unspecified atom stereocenters. The maximum Gasteiger partial charge on any atom is 0.300 e. The second-order valence-corrected chi connectivity index (χ2v) is 7.48.